The zero-order valence-corrected chi connectivity index (χ0v) is 6.40. The van der Waals surface area contributed by atoms with Gasteiger partial charge in [0.2, 0.25) is 0 Å². The normalized spacial score (nSPS) is 20.8. The molecule has 0 fully saturated rings. The molecule has 0 spiro atoms. The van der Waals surface area contributed by atoms with Crippen LogP contribution in [0.25, 0.3) is 0 Å². The van der Waals surface area contributed by atoms with Crippen LogP contribution in [0.4, 0.5) is 10.2 Å². The third-order valence-corrected chi connectivity index (χ3v) is 2.10. The molecule has 1 aromatic rings. The second-order valence-electron chi connectivity index (χ2n) is 2.85. The Kier molecular flexibility index (Phi) is 1.57. The number of carbonyl (C=O) groups is 1. The number of hydrogen-bond acceptors (Lipinski definition) is 2. The molecule has 0 saturated heterocycles. The number of halogens is 1. The molecular formula is C9H8FNO. The highest BCUT2D eigenvalue weighted by Crippen LogP contribution is 2.30. The van der Waals surface area contributed by atoms with Crippen molar-refractivity contribution in [3.63, 3.8) is 0 Å². The van der Waals surface area contributed by atoms with Crippen molar-refractivity contribution in [1.82, 2.24) is 0 Å². The molecule has 1 heterocycles. The van der Waals surface area contributed by atoms with E-state index in [1.165, 1.54) is 0 Å². The first-order valence-corrected chi connectivity index (χ1v) is 3.81. The Morgan fingerprint density at radius 2 is 2.25 bits per heavy atom. The summed E-state index contributed by atoms with van der Waals surface area (Å²) in [5.74, 6) is 0. The molecule has 0 bridgehead atoms. The van der Waals surface area contributed by atoms with Crippen LogP contribution in [-0.4, -0.2) is 12.3 Å². The van der Waals surface area contributed by atoms with Crippen LogP contribution in [0.3, 0.4) is 0 Å². The van der Waals surface area contributed by atoms with Crippen LogP contribution in [0.1, 0.15) is 5.56 Å². The number of benzene rings is 1. The van der Waals surface area contributed by atoms with E-state index in [0.717, 1.165) is 5.56 Å². The van der Waals surface area contributed by atoms with Crippen molar-refractivity contribution in [3.05, 3.63) is 29.8 Å². The number of nitrogens with zero attached hydrogens (tertiary/aromatic N) is 1. The van der Waals surface area contributed by atoms with Crippen LogP contribution in [0.5, 0.6) is 0 Å². The minimum Gasteiger partial charge on any atom is -0.301 e. The van der Waals surface area contributed by atoms with E-state index in [0.29, 0.717) is 23.5 Å². The van der Waals surface area contributed by atoms with E-state index >= 15 is 0 Å². The Morgan fingerprint density at radius 1 is 1.50 bits per heavy atom. The maximum atomic E-state index is 13.2. The highest BCUT2D eigenvalue weighted by Gasteiger charge is 2.28. The third kappa shape index (κ3) is 0.897. The first-order valence-electron chi connectivity index (χ1n) is 3.81. The van der Waals surface area contributed by atoms with E-state index < -0.39 is 6.04 Å². The van der Waals surface area contributed by atoms with E-state index in [4.69, 9.17) is 0 Å². The van der Waals surface area contributed by atoms with E-state index in [1.807, 2.05) is 12.1 Å². The molecule has 1 aliphatic heterocycles. The Morgan fingerprint density at radius 3 is 2.92 bits per heavy atom. The molecule has 0 aliphatic carbocycles. The van der Waals surface area contributed by atoms with Gasteiger partial charge in [-0.15, -0.1) is 0 Å². The quantitative estimate of drug-likeness (QED) is 0.464. The topological polar surface area (TPSA) is 20.3 Å². The molecule has 1 aromatic carbocycles. The molecule has 0 amide bonds. The summed E-state index contributed by atoms with van der Waals surface area (Å²) in [7, 11) is 0. The second-order valence-corrected chi connectivity index (χ2v) is 2.85. The van der Waals surface area contributed by atoms with Crippen molar-refractivity contribution in [1.29, 1.82) is 0 Å². The van der Waals surface area contributed by atoms with Crippen molar-refractivity contribution in [2.75, 3.05) is 5.12 Å². The van der Waals surface area contributed by atoms with Crippen LogP contribution in [-0.2, 0) is 11.2 Å². The summed E-state index contributed by atoms with van der Waals surface area (Å²) < 4.78 is 13.2. The number of hydrogen-bond donors (Lipinski definition) is 0. The third-order valence-electron chi connectivity index (χ3n) is 2.10. The lowest BCUT2D eigenvalue weighted by Crippen LogP contribution is -2.24. The smallest absolute Gasteiger partial charge is 0.145 e. The molecule has 0 saturated carbocycles. The zero-order valence-electron chi connectivity index (χ0n) is 6.40. The predicted octanol–water partition coefficient (Wildman–Crippen LogP) is 1.50. The molecule has 3 heteroatoms. The number of fused-ring (bicyclic) bond motifs is 1. The number of rotatable bonds is 1. The van der Waals surface area contributed by atoms with E-state index in [9.17, 15) is 9.28 Å². The van der Waals surface area contributed by atoms with Gasteiger partial charge in [0.1, 0.15) is 12.3 Å². The van der Waals surface area contributed by atoms with Gasteiger partial charge in [0, 0.05) is 6.42 Å². The SMILES string of the molecule is O=CC1Cc2ccccc2N1F. The maximum Gasteiger partial charge on any atom is 0.145 e. The summed E-state index contributed by atoms with van der Waals surface area (Å²) in [6.45, 7) is 0. The fourth-order valence-electron chi connectivity index (χ4n) is 1.48. The molecule has 1 aliphatic rings. The Balaban J connectivity index is 2.41. The van der Waals surface area contributed by atoms with Gasteiger partial charge < -0.3 is 4.79 Å². The van der Waals surface area contributed by atoms with Crippen LogP contribution >= 0.6 is 0 Å². The average Bonchev–Trinajstić information content (AvgIpc) is 2.44. The van der Waals surface area contributed by atoms with Crippen molar-refractivity contribution < 1.29 is 9.28 Å². The molecule has 1 atom stereocenters. The Hall–Kier alpha value is -1.38. The van der Waals surface area contributed by atoms with Crippen LogP contribution in [0.2, 0.25) is 0 Å². The highest BCUT2D eigenvalue weighted by atomic mass is 19.2. The highest BCUT2D eigenvalue weighted by molar-refractivity contribution is 5.71. The molecular weight excluding hydrogens is 157 g/mol. The van der Waals surface area contributed by atoms with Gasteiger partial charge in [0.15, 0.2) is 0 Å². The summed E-state index contributed by atoms with van der Waals surface area (Å²) in [4.78, 5) is 10.4. The van der Waals surface area contributed by atoms with Crippen molar-refractivity contribution >= 4 is 12.0 Å². The number of aldehydes is 1. The first-order chi connectivity index (χ1) is 5.83. The Bertz CT molecular complexity index is 313. The lowest BCUT2D eigenvalue weighted by Gasteiger charge is -2.09. The maximum absolute atomic E-state index is 13.2. The summed E-state index contributed by atoms with van der Waals surface area (Å²) in [6.07, 6.45) is 1.12. The first kappa shape index (κ1) is 7.28. The van der Waals surface area contributed by atoms with Gasteiger partial charge in [0.25, 0.3) is 0 Å². The molecule has 0 aromatic heterocycles. The summed E-state index contributed by atoms with van der Waals surface area (Å²) in [5, 5.41) is 0.530. The fourth-order valence-corrected chi connectivity index (χ4v) is 1.48. The van der Waals surface area contributed by atoms with Crippen LogP contribution < -0.4 is 5.12 Å². The van der Waals surface area contributed by atoms with E-state index in [-0.39, 0.29) is 0 Å². The minimum absolute atomic E-state index is 0.482. The van der Waals surface area contributed by atoms with Crippen molar-refractivity contribution in [2.45, 2.75) is 12.5 Å². The predicted molar refractivity (Wildman–Crippen MR) is 43.6 cm³/mol. The lowest BCUT2D eigenvalue weighted by atomic mass is 10.1. The van der Waals surface area contributed by atoms with Crippen LogP contribution in [0.15, 0.2) is 24.3 Å². The van der Waals surface area contributed by atoms with E-state index in [2.05, 4.69) is 0 Å². The van der Waals surface area contributed by atoms with Gasteiger partial charge in [-0.1, -0.05) is 22.7 Å². The standard InChI is InChI=1S/C9H8FNO/c10-11-8(6-12)5-7-3-1-2-4-9(7)11/h1-4,6,8H,5H2. The van der Waals surface area contributed by atoms with Crippen LogP contribution in [0, 0.1) is 0 Å². The van der Waals surface area contributed by atoms with E-state index in [1.54, 1.807) is 12.1 Å². The van der Waals surface area contributed by atoms with Gasteiger partial charge in [-0.25, -0.2) is 5.12 Å². The number of para-hydroxylation sites is 1. The number of carbonyl (C=O) groups excluding carboxylic acids is 1. The molecule has 62 valence electrons. The molecule has 0 radical (unpaired) electrons. The monoisotopic (exact) mass is 165 g/mol. The molecule has 0 N–H and O–H groups in total. The van der Waals surface area contributed by atoms with Gasteiger partial charge in [-0.2, -0.15) is 0 Å². The average molecular weight is 165 g/mol. The zero-order chi connectivity index (χ0) is 8.55. The Labute approximate surface area is 69.5 Å². The van der Waals surface area contributed by atoms with Crippen molar-refractivity contribution in [3.8, 4) is 0 Å². The van der Waals surface area contributed by atoms with Gasteiger partial charge >= 0.3 is 0 Å². The van der Waals surface area contributed by atoms with Gasteiger partial charge in [0.05, 0.1) is 5.69 Å². The molecule has 2 rings (SSSR count). The number of anilines is 1. The minimum atomic E-state index is -0.623. The molecule has 2 nitrogen and oxygen atoms in total. The summed E-state index contributed by atoms with van der Waals surface area (Å²) in [6, 6.07) is 6.50. The van der Waals surface area contributed by atoms with Crippen molar-refractivity contribution in [2.24, 2.45) is 0 Å². The largest absolute Gasteiger partial charge is 0.301 e. The second kappa shape index (κ2) is 2.59. The van der Waals surface area contributed by atoms with Gasteiger partial charge in [-0.05, 0) is 11.6 Å². The summed E-state index contributed by atoms with van der Waals surface area (Å²) in [5.41, 5.74) is 1.42. The molecule has 1 unspecified atom stereocenters. The molecule has 12 heavy (non-hydrogen) atoms. The van der Waals surface area contributed by atoms with Gasteiger partial charge in [-0.3, -0.25) is 0 Å². The summed E-state index contributed by atoms with van der Waals surface area (Å²) >= 11 is 0. The lowest BCUT2D eigenvalue weighted by molar-refractivity contribution is -0.109. The fraction of sp³-hybridized carbons (Fsp3) is 0.222.